The number of carbonyl (C=O) groups excluding carboxylic acids is 1. The van der Waals surface area contributed by atoms with Crippen molar-refractivity contribution in [2.24, 2.45) is 0 Å². The van der Waals surface area contributed by atoms with Gasteiger partial charge in [0.1, 0.15) is 0 Å². The highest BCUT2D eigenvalue weighted by atomic mass is 16.2. The number of rotatable bonds is 4. The first kappa shape index (κ1) is 12.7. The molecule has 0 aliphatic rings. The van der Waals surface area contributed by atoms with Crippen LogP contribution in [0.3, 0.4) is 0 Å². The molecule has 1 unspecified atom stereocenters. The Morgan fingerprint density at radius 1 is 1.19 bits per heavy atom. The highest BCUT2D eigenvalue weighted by Gasteiger charge is 2.17. The Bertz CT molecular complexity index is 335. The smallest absolute Gasteiger partial charge is 0.238 e. The summed E-state index contributed by atoms with van der Waals surface area (Å²) in [5, 5.41) is 3.29. The maximum Gasteiger partial charge on any atom is 0.238 e. The van der Waals surface area contributed by atoms with Crippen molar-refractivity contribution in [2.75, 3.05) is 14.1 Å². The van der Waals surface area contributed by atoms with Crippen LogP contribution >= 0.6 is 0 Å². The summed E-state index contributed by atoms with van der Waals surface area (Å²) < 4.78 is 0. The van der Waals surface area contributed by atoms with Crippen LogP contribution in [0.2, 0.25) is 0 Å². The molecule has 1 rings (SSSR count). The molecule has 3 nitrogen and oxygen atoms in total. The number of amides is 1. The van der Waals surface area contributed by atoms with Crippen LogP contribution in [0.15, 0.2) is 30.3 Å². The van der Waals surface area contributed by atoms with Crippen LogP contribution in [0.5, 0.6) is 0 Å². The van der Waals surface area contributed by atoms with E-state index in [9.17, 15) is 4.79 Å². The van der Waals surface area contributed by atoms with Crippen LogP contribution in [0.1, 0.15) is 25.5 Å². The zero-order chi connectivity index (χ0) is 12.1. The first-order valence-corrected chi connectivity index (χ1v) is 5.54. The second-order valence-corrected chi connectivity index (χ2v) is 4.25. The lowest BCUT2D eigenvalue weighted by Crippen LogP contribution is -2.42. The van der Waals surface area contributed by atoms with Crippen molar-refractivity contribution in [1.29, 1.82) is 0 Å². The van der Waals surface area contributed by atoms with E-state index in [2.05, 4.69) is 24.4 Å². The summed E-state index contributed by atoms with van der Waals surface area (Å²) in [6, 6.07) is 10.1. The molecule has 2 atom stereocenters. The van der Waals surface area contributed by atoms with Crippen molar-refractivity contribution in [3.8, 4) is 0 Å². The van der Waals surface area contributed by atoms with Crippen LogP contribution in [0.4, 0.5) is 0 Å². The third-order valence-corrected chi connectivity index (χ3v) is 2.61. The van der Waals surface area contributed by atoms with Gasteiger partial charge in [-0.3, -0.25) is 10.1 Å². The number of likely N-dealkylation sites (N-methyl/N-ethyl adjacent to an activating group) is 1. The Morgan fingerprint density at radius 3 is 2.25 bits per heavy atom. The quantitative estimate of drug-likeness (QED) is 0.839. The minimum absolute atomic E-state index is 0.0998. The van der Waals surface area contributed by atoms with E-state index >= 15 is 0 Å². The molecule has 1 amide bonds. The van der Waals surface area contributed by atoms with E-state index in [1.807, 2.05) is 25.1 Å². The highest BCUT2D eigenvalue weighted by Crippen LogP contribution is 2.12. The molecule has 1 N–H and O–H groups in total. The average molecular weight is 220 g/mol. The molecule has 0 heterocycles. The summed E-state index contributed by atoms with van der Waals surface area (Å²) in [6.07, 6.45) is 0. The van der Waals surface area contributed by atoms with Gasteiger partial charge in [0.25, 0.3) is 0 Å². The van der Waals surface area contributed by atoms with Crippen molar-refractivity contribution in [1.82, 2.24) is 10.2 Å². The van der Waals surface area contributed by atoms with Crippen LogP contribution in [0, 0.1) is 0 Å². The minimum Gasteiger partial charge on any atom is -0.347 e. The summed E-state index contributed by atoms with van der Waals surface area (Å²) in [5.74, 6) is 0.0998. The van der Waals surface area contributed by atoms with Crippen molar-refractivity contribution in [3.05, 3.63) is 35.9 Å². The molecule has 0 aliphatic carbocycles. The predicted molar refractivity (Wildman–Crippen MR) is 66.1 cm³/mol. The molecule has 0 saturated carbocycles. The minimum atomic E-state index is -0.162. The molecular formula is C13H20N2O. The second kappa shape index (κ2) is 5.66. The molecular weight excluding hydrogens is 200 g/mol. The Morgan fingerprint density at radius 2 is 1.75 bits per heavy atom. The number of hydrogen-bond donors (Lipinski definition) is 1. The standard InChI is InChI=1S/C13H20N2O/c1-10(12-8-6-5-7-9-12)14-11(2)13(16)15(3)4/h5-11,14H,1-4H3/t10-,11?/m1/s1. The third-order valence-electron chi connectivity index (χ3n) is 2.61. The van der Waals surface area contributed by atoms with Gasteiger partial charge in [-0.2, -0.15) is 0 Å². The van der Waals surface area contributed by atoms with Crippen molar-refractivity contribution >= 4 is 5.91 Å². The highest BCUT2D eigenvalue weighted by molar-refractivity contribution is 5.80. The number of nitrogens with zero attached hydrogens (tertiary/aromatic N) is 1. The van der Waals surface area contributed by atoms with Crippen molar-refractivity contribution in [3.63, 3.8) is 0 Å². The Labute approximate surface area is 97.5 Å². The second-order valence-electron chi connectivity index (χ2n) is 4.25. The fourth-order valence-electron chi connectivity index (χ4n) is 1.67. The lowest BCUT2D eigenvalue weighted by Gasteiger charge is -2.22. The molecule has 0 bridgehead atoms. The van der Waals surface area contributed by atoms with Gasteiger partial charge >= 0.3 is 0 Å². The van der Waals surface area contributed by atoms with Gasteiger partial charge in [0.15, 0.2) is 0 Å². The van der Waals surface area contributed by atoms with E-state index in [4.69, 9.17) is 0 Å². The van der Waals surface area contributed by atoms with Crippen LogP contribution in [0.25, 0.3) is 0 Å². The fourth-order valence-corrected chi connectivity index (χ4v) is 1.67. The van der Waals surface area contributed by atoms with Gasteiger partial charge < -0.3 is 4.90 Å². The number of benzene rings is 1. The third kappa shape index (κ3) is 3.35. The first-order chi connectivity index (χ1) is 7.52. The van der Waals surface area contributed by atoms with E-state index in [1.54, 1.807) is 19.0 Å². The zero-order valence-electron chi connectivity index (χ0n) is 10.4. The van der Waals surface area contributed by atoms with Gasteiger partial charge in [0.05, 0.1) is 6.04 Å². The van der Waals surface area contributed by atoms with Gasteiger partial charge in [-0.05, 0) is 19.4 Å². The molecule has 0 aromatic heterocycles. The first-order valence-electron chi connectivity index (χ1n) is 5.54. The average Bonchev–Trinajstić information content (AvgIpc) is 2.28. The summed E-state index contributed by atoms with van der Waals surface area (Å²) >= 11 is 0. The largest absolute Gasteiger partial charge is 0.347 e. The summed E-state index contributed by atoms with van der Waals surface area (Å²) in [4.78, 5) is 13.3. The molecule has 0 aliphatic heterocycles. The van der Waals surface area contributed by atoms with Crippen molar-refractivity contribution < 1.29 is 4.79 Å². The van der Waals surface area contributed by atoms with E-state index < -0.39 is 0 Å². The monoisotopic (exact) mass is 220 g/mol. The lowest BCUT2D eigenvalue weighted by molar-refractivity contribution is -0.130. The molecule has 3 heteroatoms. The number of nitrogens with one attached hydrogen (secondary N) is 1. The van der Waals surface area contributed by atoms with Crippen LogP contribution in [-0.2, 0) is 4.79 Å². The van der Waals surface area contributed by atoms with E-state index in [0.717, 1.165) is 0 Å². The molecule has 1 aromatic carbocycles. The number of carbonyl (C=O) groups is 1. The topological polar surface area (TPSA) is 32.3 Å². The summed E-state index contributed by atoms with van der Waals surface area (Å²) in [5.41, 5.74) is 1.20. The lowest BCUT2D eigenvalue weighted by atomic mass is 10.1. The Kier molecular flexibility index (Phi) is 4.50. The van der Waals surface area contributed by atoms with Crippen LogP contribution in [-0.4, -0.2) is 30.9 Å². The molecule has 88 valence electrons. The van der Waals surface area contributed by atoms with Crippen LogP contribution < -0.4 is 5.32 Å². The predicted octanol–water partition coefficient (Wildman–Crippen LogP) is 1.81. The normalized spacial score (nSPS) is 14.2. The molecule has 1 aromatic rings. The van der Waals surface area contributed by atoms with Gasteiger partial charge in [0.2, 0.25) is 5.91 Å². The Balaban J connectivity index is 2.58. The van der Waals surface area contributed by atoms with Crippen molar-refractivity contribution in [2.45, 2.75) is 25.9 Å². The summed E-state index contributed by atoms with van der Waals surface area (Å²) in [7, 11) is 3.54. The van der Waals surface area contributed by atoms with Gasteiger partial charge in [0, 0.05) is 20.1 Å². The van der Waals surface area contributed by atoms with E-state index in [0.29, 0.717) is 0 Å². The zero-order valence-corrected chi connectivity index (χ0v) is 10.4. The molecule has 0 saturated heterocycles. The molecule has 0 fully saturated rings. The van der Waals surface area contributed by atoms with Gasteiger partial charge in [-0.15, -0.1) is 0 Å². The molecule has 0 spiro atoms. The maximum atomic E-state index is 11.7. The summed E-state index contributed by atoms with van der Waals surface area (Å²) in [6.45, 7) is 3.95. The SMILES string of the molecule is CC(N[C@H](C)c1ccccc1)C(=O)N(C)C. The van der Waals surface area contributed by atoms with Gasteiger partial charge in [-0.25, -0.2) is 0 Å². The Hall–Kier alpha value is -1.35. The molecule has 0 radical (unpaired) electrons. The number of hydrogen-bond acceptors (Lipinski definition) is 2. The van der Waals surface area contributed by atoms with E-state index in [-0.39, 0.29) is 18.0 Å². The molecule has 16 heavy (non-hydrogen) atoms. The maximum absolute atomic E-state index is 11.7. The van der Waals surface area contributed by atoms with E-state index in [1.165, 1.54) is 5.56 Å². The van der Waals surface area contributed by atoms with Gasteiger partial charge in [-0.1, -0.05) is 30.3 Å². The fraction of sp³-hybridized carbons (Fsp3) is 0.462.